The van der Waals surface area contributed by atoms with Crippen LogP contribution in [-0.2, 0) is 4.74 Å². The van der Waals surface area contributed by atoms with E-state index in [-0.39, 0.29) is 23.7 Å². The number of nitrogens with one attached hydrogen (secondary N) is 1. The highest BCUT2D eigenvalue weighted by atomic mass is 16.6. The van der Waals surface area contributed by atoms with E-state index in [1.54, 1.807) is 23.1 Å². The molecule has 1 aliphatic rings. The van der Waals surface area contributed by atoms with Crippen molar-refractivity contribution in [1.29, 1.82) is 0 Å². The zero-order chi connectivity index (χ0) is 19.3. The molecule has 0 bridgehead atoms. The molecule has 0 aliphatic heterocycles. The van der Waals surface area contributed by atoms with E-state index in [0.717, 1.165) is 19.3 Å². The van der Waals surface area contributed by atoms with E-state index in [2.05, 4.69) is 5.32 Å². The van der Waals surface area contributed by atoms with E-state index in [1.165, 1.54) is 6.07 Å². The molecular formula is C20H30N2O4. The van der Waals surface area contributed by atoms with Crippen LogP contribution in [0.3, 0.4) is 0 Å². The molecular weight excluding hydrogens is 332 g/mol. The van der Waals surface area contributed by atoms with E-state index in [4.69, 9.17) is 4.74 Å². The number of rotatable bonds is 4. The van der Waals surface area contributed by atoms with Crippen molar-refractivity contribution in [3.63, 3.8) is 0 Å². The molecule has 2 rings (SSSR count). The minimum atomic E-state index is -0.533. The maximum Gasteiger partial charge on any atom is 0.407 e. The molecule has 0 aromatic heterocycles. The van der Waals surface area contributed by atoms with Crippen LogP contribution in [0.5, 0.6) is 5.75 Å². The van der Waals surface area contributed by atoms with Gasteiger partial charge in [-0.15, -0.1) is 0 Å². The van der Waals surface area contributed by atoms with Crippen molar-refractivity contribution >= 4 is 12.0 Å². The molecule has 144 valence electrons. The summed E-state index contributed by atoms with van der Waals surface area (Å²) < 4.78 is 5.33. The summed E-state index contributed by atoms with van der Waals surface area (Å²) in [6.07, 6.45) is 2.96. The van der Waals surface area contributed by atoms with Crippen molar-refractivity contribution in [3.8, 4) is 5.75 Å². The Balaban J connectivity index is 2.03. The van der Waals surface area contributed by atoms with Crippen molar-refractivity contribution in [2.75, 3.05) is 6.54 Å². The van der Waals surface area contributed by atoms with Crippen molar-refractivity contribution in [3.05, 3.63) is 29.8 Å². The van der Waals surface area contributed by atoms with Gasteiger partial charge in [-0.25, -0.2) is 4.79 Å². The lowest BCUT2D eigenvalue weighted by atomic mass is 9.89. The number of carbonyl (C=O) groups is 2. The second kappa shape index (κ2) is 8.43. The standard InChI is InChI=1S/C20H30N2O4/c1-5-22(18(24)16-11-6-7-12-17(16)23)15-10-8-9-14(13-15)21-19(25)26-20(2,3)4/h6-7,11-12,14-15,23H,5,8-10,13H2,1-4H3,(H,21,25)/t14-,15+/m1/s1. The molecule has 2 N–H and O–H groups in total. The van der Waals surface area contributed by atoms with Crippen molar-refractivity contribution in [1.82, 2.24) is 10.2 Å². The summed E-state index contributed by atoms with van der Waals surface area (Å²) in [5.74, 6) is -0.177. The van der Waals surface area contributed by atoms with Crippen LogP contribution < -0.4 is 5.32 Å². The van der Waals surface area contributed by atoms with Crippen LogP contribution in [0, 0.1) is 0 Å². The molecule has 0 heterocycles. The quantitative estimate of drug-likeness (QED) is 0.856. The Kier molecular flexibility index (Phi) is 6.51. The molecule has 2 atom stereocenters. The molecule has 0 radical (unpaired) electrons. The number of phenols is 1. The molecule has 26 heavy (non-hydrogen) atoms. The van der Waals surface area contributed by atoms with Crippen LogP contribution in [0.1, 0.15) is 63.7 Å². The van der Waals surface area contributed by atoms with Gasteiger partial charge in [0.1, 0.15) is 11.4 Å². The summed E-state index contributed by atoms with van der Waals surface area (Å²) in [7, 11) is 0. The normalized spacial score (nSPS) is 20.3. The predicted octanol–water partition coefficient (Wildman–Crippen LogP) is 3.69. The third-order valence-electron chi connectivity index (χ3n) is 4.54. The molecule has 1 fully saturated rings. The zero-order valence-electron chi connectivity index (χ0n) is 16.1. The van der Waals surface area contributed by atoms with Crippen molar-refractivity contribution in [2.24, 2.45) is 0 Å². The van der Waals surface area contributed by atoms with Crippen LogP contribution in [-0.4, -0.2) is 46.2 Å². The number of hydrogen-bond acceptors (Lipinski definition) is 4. The summed E-state index contributed by atoms with van der Waals surface area (Å²) in [5.41, 5.74) is -0.217. The smallest absolute Gasteiger partial charge is 0.407 e. The molecule has 1 aromatic carbocycles. The number of hydrogen-bond donors (Lipinski definition) is 2. The summed E-state index contributed by atoms with van der Waals surface area (Å²) >= 11 is 0. The Hall–Kier alpha value is -2.24. The molecule has 6 heteroatoms. The van der Waals surface area contributed by atoms with E-state index < -0.39 is 11.7 Å². The van der Waals surface area contributed by atoms with Crippen LogP contribution in [0.25, 0.3) is 0 Å². The fourth-order valence-electron chi connectivity index (χ4n) is 3.43. The van der Waals surface area contributed by atoms with E-state index in [1.807, 2.05) is 27.7 Å². The molecule has 0 saturated heterocycles. The first-order valence-corrected chi connectivity index (χ1v) is 9.29. The lowest BCUT2D eigenvalue weighted by Gasteiger charge is -2.37. The van der Waals surface area contributed by atoms with E-state index in [9.17, 15) is 14.7 Å². The van der Waals surface area contributed by atoms with Gasteiger partial charge in [-0.2, -0.15) is 0 Å². The van der Waals surface area contributed by atoms with E-state index in [0.29, 0.717) is 18.5 Å². The third-order valence-corrected chi connectivity index (χ3v) is 4.54. The van der Waals surface area contributed by atoms with Crippen LogP contribution in [0.2, 0.25) is 0 Å². The topological polar surface area (TPSA) is 78.9 Å². The summed E-state index contributed by atoms with van der Waals surface area (Å²) in [6.45, 7) is 7.99. The lowest BCUT2D eigenvalue weighted by molar-refractivity contribution is 0.0461. The Bertz CT molecular complexity index is 639. The first-order chi connectivity index (χ1) is 12.2. The fraction of sp³-hybridized carbons (Fsp3) is 0.600. The summed E-state index contributed by atoms with van der Waals surface area (Å²) in [4.78, 5) is 26.7. The molecule has 0 spiro atoms. The maximum absolute atomic E-state index is 12.9. The fourth-order valence-corrected chi connectivity index (χ4v) is 3.43. The van der Waals surface area contributed by atoms with Gasteiger partial charge in [-0.3, -0.25) is 4.79 Å². The third kappa shape index (κ3) is 5.38. The lowest BCUT2D eigenvalue weighted by Crippen LogP contribution is -2.48. The first kappa shape index (κ1) is 20.1. The SMILES string of the molecule is CCN(C(=O)c1ccccc1O)[C@H]1CCC[C@@H](NC(=O)OC(C)(C)C)C1. The number of amides is 2. The minimum absolute atomic E-state index is 0.00445. The minimum Gasteiger partial charge on any atom is -0.507 e. The number of alkyl carbamates (subject to hydrolysis) is 1. The van der Waals surface area contributed by atoms with Gasteiger partial charge >= 0.3 is 6.09 Å². The number of carbonyl (C=O) groups excluding carboxylic acids is 2. The van der Waals surface area contributed by atoms with Crippen molar-refractivity contribution < 1.29 is 19.4 Å². The second-order valence-corrected chi connectivity index (χ2v) is 7.77. The summed E-state index contributed by atoms with van der Waals surface area (Å²) in [6, 6.07) is 6.61. The van der Waals surface area contributed by atoms with Gasteiger partial charge in [0.15, 0.2) is 0 Å². The van der Waals surface area contributed by atoms with Gasteiger partial charge in [0.05, 0.1) is 5.56 Å². The molecule has 1 saturated carbocycles. The monoisotopic (exact) mass is 362 g/mol. The van der Waals surface area contributed by atoms with Crippen molar-refractivity contribution in [2.45, 2.75) is 71.1 Å². The number of benzene rings is 1. The first-order valence-electron chi connectivity index (χ1n) is 9.29. The predicted molar refractivity (Wildman–Crippen MR) is 100 cm³/mol. The average molecular weight is 362 g/mol. The Morgan fingerprint density at radius 3 is 2.58 bits per heavy atom. The van der Waals surface area contributed by atoms with Gasteiger partial charge in [0.2, 0.25) is 0 Å². The highest BCUT2D eigenvalue weighted by Gasteiger charge is 2.31. The Morgan fingerprint density at radius 2 is 1.96 bits per heavy atom. The summed E-state index contributed by atoms with van der Waals surface area (Å²) in [5, 5.41) is 12.9. The average Bonchev–Trinajstić information content (AvgIpc) is 2.54. The molecule has 1 aromatic rings. The van der Waals surface area contributed by atoms with Gasteiger partial charge in [-0.1, -0.05) is 12.1 Å². The van der Waals surface area contributed by atoms with Gasteiger partial charge in [0.25, 0.3) is 5.91 Å². The highest BCUT2D eigenvalue weighted by molar-refractivity contribution is 5.97. The number of phenolic OH excluding ortho intramolecular Hbond substituents is 1. The largest absolute Gasteiger partial charge is 0.507 e. The number of ether oxygens (including phenoxy) is 1. The van der Waals surface area contributed by atoms with E-state index >= 15 is 0 Å². The maximum atomic E-state index is 12.9. The second-order valence-electron chi connectivity index (χ2n) is 7.77. The van der Waals surface area contributed by atoms with Gasteiger partial charge in [0, 0.05) is 18.6 Å². The van der Waals surface area contributed by atoms with Gasteiger partial charge in [-0.05, 0) is 65.5 Å². The van der Waals surface area contributed by atoms with Crippen LogP contribution in [0.4, 0.5) is 4.79 Å². The van der Waals surface area contributed by atoms with Crippen LogP contribution in [0.15, 0.2) is 24.3 Å². The Labute approximate surface area is 155 Å². The molecule has 6 nitrogen and oxygen atoms in total. The number of para-hydroxylation sites is 1. The molecule has 1 aliphatic carbocycles. The highest BCUT2D eigenvalue weighted by Crippen LogP contribution is 2.27. The number of aromatic hydroxyl groups is 1. The molecule has 2 amide bonds. The van der Waals surface area contributed by atoms with Crippen LogP contribution >= 0.6 is 0 Å². The van der Waals surface area contributed by atoms with Gasteiger partial charge < -0.3 is 20.1 Å². The molecule has 0 unspecified atom stereocenters. The number of nitrogens with zero attached hydrogens (tertiary/aromatic N) is 1. The zero-order valence-corrected chi connectivity index (χ0v) is 16.1. The Morgan fingerprint density at radius 1 is 1.27 bits per heavy atom.